The summed E-state index contributed by atoms with van der Waals surface area (Å²) in [6.45, 7) is 1.92. The Bertz CT molecular complexity index is 762. The lowest BCUT2D eigenvalue weighted by Gasteiger charge is -2.09. The van der Waals surface area contributed by atoms with Crippen molar-refractivity contribution in [1.82, 2.24) is 14.8 Å². The van der Waals surface area contributed by atoms with E-state index in [0.717, 1.165) is 22.2 Å². The number of rotatable bonds is 3. The van der Waals surface area contributed by atoms with Gasteiger partial charge in [0.1, 0.15) is 5.52 Å². The van der Waals surface area contributed by atoms with Gasteiger partial charge in [0.2, 0.25) is 5.88 Å². The molecule has 0 atom stereocenters. The standard InChI is InChI=1S/C15H14ClN3O/c1-10-12(9-16)15(19(2)18-10)20-13-7-3-5-11-6-4-8-17-14(11)13/h3-8H,9H2,1-2H3. The Labute approximate surface area is 122 Å². The molecule has 20 heavy (non-hydrogen) atoms. The molecule has 5 heteroatoms. The number of para-hydroxylation sites is 1. The summed E-state index contributed by atoms with van der Waals surface area (Å²) < 4.78 is 7.72. The fourth-order valence-corrected chi connectivity index (χ4v) is 2.53. The van der Waals surface area contributed by atoms with E-state index in [1.807, 2.05) is 44.3 Å². The van der Waals surface area contributed by atoms with E-state index in [9.17, 15) is 0 Å². The molecule has 0 aliphatic carbocycles. The van der Waals surface area contributed by atoms with Gasteiger partial charge in [0.15, 0.2) is 5.75 Å². The summed E-state index contributed by atoms with van der Waals surface area (Å²) >= 11 is 5.99. The van der Waals surface area contributed by atoms with Crippen LogP contribution >= 0.6 is 11.6 Å². The molecule has 3 rings (SSSR count). The molecule has 1 aromatic carbocycles. The number of nitrogens with zero attached hydrogens (tertiary/aromatic N) is 3. The van der Waals surface area contributed by atoms with Crippen molar-refractivity contribution in [2.75, 3.05) is 0 Å². The summed E-state index contributed by atoms with van der Waals surface area (Å²) in [6, 6.07) is 9.77. The SMILES string of the molecule is Cc1nn(C)c(Oc2cccc3cccnc23)c1CCl. The summed E-state index contributed by atoms with van der Waals surface area (Å²) in [5.74, 6) is 1.74. The molecule has 0 unspecified atom stereocenters. The molecule has 4 nitrogen and oxygen atoms in total. The highest BCUT2D eigenvalue weighted by molar-refractivity contribution is 6.17. The lowest BCUT2D eigenvalue weighted by Crippen LogP contribution is -1.97. The van der Waals surface area contributed by atoms with Crippen LogP contribution in [0, 0.1) is 6.92 Å². The quantitative estimate of drug-likeness (QED) is 0.688. The van der Waals surface area contributed by atoms with Gasteiger partial charge in [-0.25, -0.2) is 4.68 Å². The third kappa shape index (κ3) is 2.12. The number of fused-ring (bicyclic) bond motifs is 1. The van der Waals surface area contributed by atoms with E-state index in [-0.39, 0.29) is 0 Å². The molecule has 0 aliphatic heterocycles. The summed E-state index contributed by atoms with van der Waals surface area (Å²) in [5, 5.41) is 5.38. The molecule has 0 spiro atoms. The molecule has 0 bridgehead atoms. The number of halogens is 1. The lowest BCUT2D eigenvalue weighted by atomic mass is 10.2. The van der Waals surface area contributed by atoms with E-state index in [1.54, 1.807) is 10.9 Å². The van der Waals surface area contributed by atoms with Crippen molar-refractivity contribution in [3.8, 4) is 11.6 Å². The molecule has 2 heterocycles. The van der Waals surface area contributed by atoms with Gasteiger partial charge in [0.05, 0.1) is 17.1 Å². The summed E-state index contributed by atoms with van der Waals surface area (Å²) in [7, 11) is 1.84. The van der Waals surface area contributed by atoms with E-state index in [0.29, 0.717) is 17.5 Å². The van der Waals surface area contributed by atoms with Crippen LogP contribution in [0.3, 0.4) is 0 Å². The minimum atomic E-state index is 0.368. The topological polar surface area (TPSA) is 39.9 Å². The molecular formula is C15H14ClN3O. The normalized spacial score (nSPS) is 10.9. The summed E-state index contributed by atoms with van der Waals surface area (Å²) in [4.78, 5) is 4.38. The monoisotopic (exact) mass is 287 g/mol. The average Bonchev–Trinajstić information content (AvgIpc) is 2.73. The van der Waals surface area contributed by atoms with Crippen molar-refractivity contribution >= 4 is 22.5 Å². The molecule has 0 fully saturated rings. The van der Waals surface area contributed by atoms with Gasteiger partial charge in [-0.3, -0.25) is 4.98 Å². The second kappa shape index (κ2) is 5.13. The van der Waals surface area contributed by atoms with Crippen LogP contribution in [0.1, 0.15) is 11.3 Å². The average molecular weight is 288 g/mol. The fraction of sp³-hybridized carbons (Fsp3) is 0.200. The maximum absolute atomic E-state index is 6.02. The predicted octanol–water partition coefficient (Wildman–Crippen LogP) is 3.81. The smallest absolute Gasteiger partial charge is 0.222 e. The van der Waals surface area contributed by atoms with E-state index >= 15 is 0 Å². The lowest BCUT2D eigenvalue weighted by molar-refractivity contribution is 0.431. The summed E-state index contributed by atoms with van der Waals surface area (Å²) in [6.07, 6.45) is 1.76. The zero-order valence-corrected chi connectivity index (χ0v) is 12.1. The van der Waals surface area contributed by atoms with Crippen molar-refractivity contribution < 1.29 is 4.74 Å². The van der Waals surface area contributed by atoms with Gasteiger partial charge >= 0.3 is 0 Å². The van der Waals surface area contributed by atoms with Crippen molar-refractivity contribution in [2.24, 2.45) is 7.05 Å². The Hall–Kier alpha value is -2.07. The minimum absolute atomic E-state index is 0.368. The number of ether oxygens (including phenoxy) is 1. The van der Waals surface area contributed by atoms with Crippen LogP contribution in [0.25, 0.3) is 10.9 Å². The largest absolute Gasteiger partial charge is 0.437 e. The Balaban J connectivity index is 2.10. The first-order valence-electron chi connectivity index (χ1n) is 6.30. The molecular weight excluding hydrogens is 274 g/mol. The van der Waals surface area contributed by atoms with Gasteiger partial charge < -0.3 is 4.74 Å². The molecule has 102 valence electrons. The molecule has 2 aromatic heterocycles. The number of hydrogen-bond donors (Lipinski definition) is 0. The third-order valence-electron chi connectivity index (χ3n) is 3.22. The number of aromatic nitrogens is 3. The van der Waals surface area contributed by atoms with Gasteiger partial charge in [-0.2, -0.15) is 5.10 Å². The van der Waals surface area contributed by atoms with Crippen LogP contribution in [0.5, 0.6) is 11.6 Å². The van der Waals surface area contributed by atoms with Gasteiger partial charge in [-0.1, -0.05) is 18.2 Å². The zero-order valence-electron chi connectivity index (χ0n) is 11.3. The van der Waals surface area contributed by atoms with E-state index in [2.05, 4.69) is 10.1 Å². The first-order valence-corrected chi connectivity index (χ1v) is 6.84. The first-order chi connectivity index (χ1) is 9.70. The molecule has 0 saturated heterocycles. The summed E-state index contributed by atoms with van der Waals surface area (Å²) in [5.41, 5.74) is 2.61. The molecule has 0 radical (unpaired) electrons. The Morgan fingerprint density at radius 2 is 2.05 bits per heavy atom. The van der Waals surface area contributed by atoms with E-state index in [1.165, 1.54) is 0 Å². The van der Waals surface area contributed by atoms with Crippen LogP contribution in [-0.2, 0) is 12.9 Å². The Morgan fingerprint density at radius 3 is 2.85 bits per heavy atom. The molecule has 0 aliphatic rings. The highest BCUT2D eigenvalue weighted by Crippen LogP contribution is 2.32. The van der Waals surface area contributed by atoms with Gasteiger partial charge in [-0.15, -0.1) is 11.6 Å². The highest BCUT2D eigenvalue weighted by atomic mass is 35.5. The van der Waals surface area contributed by atoms with E-state index in [4.69, 9.17) is 16.3 Å². The minimum Gasteiger partial charge on any atom is -0.437 e. The molecule has 0 N–H and O–H groups in total. The molecule has 0 saturated carbocycles. The van der Waals surface area contributed by atoms with Crippen LogP contribution in [0.15, 0.2) is 36.5 Å². The van der Waals surface area contributed by atoms with Crippen molar-refractivity contribution in [2.45, 2.75) is 12.8 Å². The van der Waals surface area contributed by atoms with E-state index < -0.39 is 0 Å². The third-order valence-corrected chi connectivity index (χ3v) is 3.49. The van der Waals surface area contributed by atoms with Crippen molar-refractivity contribution in [3.63, 3.8) is 0 Å². The molecule has 0 amide bonds. The van der Waals surface area contributed by atoms with Gasteiger partial charge in [0, 0.05) is 18.6 Å². The number of aryl methyl sites for hydroxylation is 2. The van der Waals surface area contributed by atoms with Crippen LogP contribution in [0.2, 0.25) is 0 Å². The van der Waals surface area contributed by atoms with Gasteiger partial charge in [0.25, 0.3) is 0 Å². The van der Waals surface area contributed by atoms with Crippen molar-refractivity contribution in [1.29, 1.82) is 0 Å². The zero-order chi connectivity index (χ0) is 14.1. The highest BCUT2D eigenvalue weighted by Gasteiger charge is 2.15. The first kappa shape index (κ1) is 12.9. The predicted molar refractivity (Wildman–Crippen MR) is 79.3 cm³/mol. The number of pyridine rings is 1. The van der Waals surface area contributed by atoms with Crippen LogP contribution in [0.4, 0.5) is 0 Å². The number of benzene rings is 1. The Kier molecular flexibility index (Phi) is 3.32. The van der Waals surface area contributed by atoms with Crippen LogP contribution in [-0.4, -0.2) is 14.8 Å². The Morgan fingerprint density at radius 1 is 1.25 bits per heavy atom. The second-order valence-electron chi connectivity index (χ2n) is 4.56. The van der Waals surface area contributed by atoms with Crippen molar-refractivity contribution in [3.05, 3.63) is 47.8 Å². The second-order valence-corrected chi connectivity index (χ2v) is 4.83. The van der Waals surface area contributed by atoms with Crippen LogP contribution < -0.4 is 4.74 Å². The molecule has 3 aromatic rings. The fourth-order valence-electron chi connectivity index (χ4n) is 2.23. The number of alkyl halides is 1. The maximum atomic E-state index is 6.02. The van der Waals surface area contributed by atoms with Gasteiger partial charge in [-0.05, 0) is 19.1 Å². The number of hydrogen-bond acceptors (Lipinski definition) is 3. The maximum Gasteiger partial charge on any atom is 0.222 e.